The highest BCUT2D eigenvalue weighted by Crippen LogP contribution is 2.40. The van der Waals surface area contributed by atoms with Gasteiger partial charge in [-0.3, -0.25) is 19.7 Å². The maximum absolute atomic E-state index is 12.4. The number of ether oxygens (including phenoxy) is 3. The van der Waals surface area contributed by atoms with Gasteiger partial charge >= 0.3 is 12.0 Å². The molecular formula is C17H20ClN3O7. The summed E-state index contributed by atoms with van der Waals surface area (Å²) >= 11 is 6.13. The third kappa shape index (κ3) is 4.83. The van der Waals surface area contributed by atoms with Crippen LogP contribution in [0.5, 0.6) is 11.5 Å². The summed E-state index contributed by atoms with van der Waals surface area (Å²) in [6.45, 7) is -0.595. The summed E-state index contributed by atoms with van der Waals surface area (Å²) < 4.78 is 15.3. The van der Waals surface area contributed by atoms with Crippen molar-refractivity contribution >= 4 is 41.1 Å². The van der Waals surface area contributed by atoms with Crippen molar-refractivity contribution in [3.05, 3.63) is 17.2 Å². The van der Waals surface area contributed by atoms with E-state index in [1.165, 1.54) is 32.2 Å². The molecule has 1 fully saturated rings. The van der Waals surface area contributed by atoms with E-state index in [4.69, 9.17) is 25.8 Å². The number of carbonyl (C=O) groups is 4. The van der Waals surface area contributed by atoms with Gasteiger partial charge in [-0.25, -0.2) is 4.79 Å². The number of methoxy groups -OCH3 is 2. The quantitative estimate of drug-likeness (QED) is 0.658. The number of rotatable bonds is 6. The summed E-state index contributed by atoms with van der Waals surface area (Å²) in [5.74, 6) is -1.86. The molecule has 0 aromatic heterocycles. The zero-order valence-electron chi connectivity index (χ0n) is 15.5. The Labute approximate surface area is 166 Å². The highest BCUT2D eigenvalue weighted by Gasteiger charge is 2.37. The molecule has 1 aliphatic heterocycles. The smallest absolute Gasteiger partial charge is 0.321 e. The van der Waals surface area contributed by atoms with Crippen molar-refractivity contribution in [1.29, 1.82) is 0 Å². The highest BCUT2D eigenvalue weighted by atomic mass is 35.5. The van der Waals surface area contributed by atoms with Gasteiger partial charge in [-0.2, -0.15) is 0 Å². The fourth-order valence-corrected chi connectivity index (χ4v) is 2.87. The molecule has 0 aliphatic carbocycles. The number of hydrogen-bond acceptors (Lipinski definition) is 7. The lowest BCUT2D eigenvalue weighted by Crippen LogP contribution is -2.40. The van der Waals surface area contributed by atoms with E-state index in [0.717, 1.165) is 0 Å². The van der Waals surface area contributed by atoms with Crippen LogP contribution in [0.4, 0.5) is 10.5 Å². The van der Waals surface area contributed by atoms with Crippen LogP contribution >= 0.6 is 11.6 Å². The Morgan fingerprint density at radius 3 is 2.50 bits per heavy atom. The molecule has 0 unspecified atom stereocenters. The molecule has 152 valence electrons. The number of amides is 4. The molecule has 1 heterocycles. The molecular weight excluding hydrogens is 394 g/mol. The number of hydrogen-bond donors (Lipinski definition) is 2. The molecule has 1 atom stereocenters. The van der Waals surface area contributed by atoms with Crippen molar-refractivity contribution in [2.45, 2.75) is 6.42 Å². The average molecular weight is 414 g/mol. The summed E-state index contributed by atoms with van der Waals surface area (Å²) in [5.41, 5.74) is 0.394. The van der Waals surface area contributed by atoms with Crippen LogP contribution in [0.25, 0.3) is 0 Å². The second-order valence-electron chi connectivity index (χ2n) is 5.80. The minimum absolute atomic E-state index is 0.0355. The normalized spacial score (nSPS) is 15.8. The van der Waals surface area contributed by atoms with Crippen LogP contribution in [-0.2, 0) is 19.1 Å². The first kappa shape index (κ1) is 21.3. The van der Waals surface area contributed by atoms with E-state index in [9.17, 15) is 19.2 Å². The molecule has 0 spiro atoms. The van der Waals surface area contributed by atoms with Gasteiger partial charge in [0.15, 0.2) is 6.61 Å². The number of anilines is 1. The van der Waals surface area contributed by atoms with E-state index in [-0.39, 0.29) is 23.9 Å². The predicted octanol–water partition coefficient (Wildman–Crippen LogP) is 0.709. The predicted molar refractivity (Wildman–Crippen MR) is 98.6 cm³/mol. The number of benzene rings is 1. The summed E-state index contributed by atoms with van der Waals surface area (Å²) in [7, 11) is 4.23. The van der Waals surface area contributed by atoms with Crippen LogP contribution in [0.3, 0.4) is 0 Å². The second-order valence-corrected chi connectivity index (χ2v) is 6.21. The Morgan fingerprint density at radius 2 is 1.89 bits per heavy atom. The van der Waals surface area contributed by atoms with E-state index < -0.39 is 30.4 Å². The number of nitrogens with zero attached hydrogens (tertiary/aromatic N) is 1. The maximum Gasteiger partial charge on any atom is 0.321 e. The molecule has 28 heavy (non-hydrogen) atoms. The average Bonchev–Trinajstić information content (AvgIpc) is 3.07. The lowest BCUT2D eigenvalue weighted by Gasteiger charge is -2.20. The van der Waals surface area contributed by atoms with E-state index in [1.54, 1.807) is 6.07 Å². The SMILES string of the molecule is CNC(=O)NC(=O)COC(=O)[C@H]1CC(=O)N(c2cc(Cl)c(OC)cc2OC)C1. The van der Waals surface area contributed by atoms with Gasteiger partial charge in [0.05, 0.1) is 30.8 Å². The molecule has 0 bridgehead atoms. The molecule has 1 aromatic carbocycles. The van der Waals surface area contributed by atoms with Crippen molar-refractivity contribution in [3.8, 4) is 11.5 Å². The number of urea groups is 1. The summed E-state index contributed by atoms with van der Waals surface area (Å²) in [5, 5.41) is 4.44. The van der Waals surface area contributed by atoms with E-state index in [1.807, 2.05) is 5.32 Å². The fraction of sp³-hybridized carbons (Fsp3) is 0.412. The first-order chi connectivity index (χ1) is 13.3. The molecule has 2 N–H and O–H groups in total. The van der Waals surface area contributed by atoms with Crippen molar-refractivity contribution < 1.29 is 33.4 Å². The first-order valence-electron chi connectivity index (χ1n) is 8.20. The maximum atomic E-state index is 12.4. The van der Waals surface area contributed by atoms with Crippen LogP contribution in [0, 0.1) is 5.92 Å². The zero-order chi connectivity index (χ0) is 20.8. The van der Waals surface area contributed by atoms with Crippen LogP contribution in [0.2, 0.25) is 5.02 Å². The van der Waals surface area contributed by atoms with E-state index in [2.05, 4.69) is 5.32 Å². The highest BCUT2D eigenvalue weighted by molar-refractivity contribution is 6.32. The standard InChI is InChI=1S/C17H20ClN3O7/c1-19-17(25)20-14(22)8-28-16(24)9-4-15(23)21(7-9)11-5-10(18)12(26-2)6-13(11)27-3/h5-6,9H,4,7-8H2,1-3H3,(H2,19,20,22,25)/t9-/m0/s1. The van der Waals surface area contributed by atoms with Crippen molar-refractivity contribution in [1.82, 2.24) is 10.6 Å². The number of esters is 1. The van der Waals surface area contributed by atoms with Gasteiger partial charge in [0, 0.05) is 26.1 Å². The Hall–Kier alpha value is -3.01. The molecule has 2 rings (SSSR count). The number of imide groups is 1. The molecule has 4 amide bonds. The third-order valence-corrected chi connectivity index (χ3v) is 4.32. The molecule has 1 aliphatic rings. The zero-order valence-corrected chi connectivity index (χ0v) is 16.3. The van der Waals surface area contributed by atoms with Crippen LogP contribution in [0.15, 0.2) is 12.1 Å². The van der Waals surface area contributed by atoms with Gasteiger partial charge in [-0.15, -0.1) is 0 Å². The van der Waals surface area contributed by atoms with Gasteiger partial charge < -0.3 is 24.4 Å². The molecule has 0 radical (unpaired) electrons. The van der Waals surface area contributed by atoms with Crippen LogP contribution < -0.4 is 25.0 Å². The molecule has 10 nitrogen and oxygen atoms in total. The number of halogens is 1. The monoisotopic (exact) mass is 413 g/mol. The molecule has 1 saturated heterocycles. The van der Waals surface area contributed by atoms with Gasteiger partial charge in [-0.05, 0) is 6.07 Å². The van der Waals surface area contributed by atoms with Gasteiger partial charge in [0.1, 0.15) is 11.5 Å². The Morgan fingerprint density at radius 1 is 1.21 bits per heavy atom. The summed E-state index contributed by atoms with van der Waals surface area (Å²) in [6.07, 6.45) is -0.0945. The number of carbonyl (C=O) groups excluding carboxylic acids is 4. The molecule has 1 aromatic rings. The van der Waals surface area contributed by atoms with Crippen LogP contribution in [0.1, 0.15) is 6.42 Å². The largest absolute Gasteiger partial charge is 0.495 e. The lowest BCUT2D eigenvalue weighted by atomic mass is 10.1. The summed E-state index contributed by atoms with van der Waals surface area (Å²) in [6, 6.07) is 2.34. The fourth-order valence-electron chi connectivity index (χ4n) is 2.63. The Bertz CT molecular complexity index is 799. The third-order valence-electron chi connectivity index (χ3n) is 4.03. The van der Waals surface area contributed by atoms with Gasteiger partial charge in [0.2, 0.25) is 5.91 Å². The second kappa shape index (κ2) is 9.27. The Kier molecular flexibility index (Phi) is 7.05. The number of nitrogens with one attached hydrogen (secondary N) is 2. The minimum atomic E-state index is -0.780. The van der Waals surface area contributed by atoms with Gasteiger partial charge in [0.25, 0.3) is 5.91 Å². The minimum Gasteiger partial charge on any atom is -0.495 e. The van der Waals surface area contributed by atoms with E-state index >= 15 is 0 Å². The van der Waals surface area contributed by atoms with Gasteiger partial charge in [-0.1, -0.05) is 11.6 Å². The van der Waals surface area contributed by atoms with Crippen molar-refractivity contribution in [2.75, 3.05) is 39.3 Å². The lowest BCUT2D eigenvalue weighted by molar-refractivity contribution is -0.152. The molecule has 11 heteroatoms. The summed E-state index contributed by atoms with van der Waals surface area (Å²) in [4.78, 5) is 48.5. The topological polar surface area (TPSA) is 123 Å². The van der Waals surface area contributed by atoms with Crippen molar-refractivity contribution in [2.24, 2.45) is 5.92 Å². The first-order valence-corrected chi connectivity index (χ1v) is 8.58. The van der Waals surface area contributed by atoms with Crippen molar-refractivity contribution in [3.63, 3.8) is 0 Å². The van der Waals surface area contributed by atoms with E-state index in [0.29, 0.717) is 17.2 Å². The van der Waals surface area contributed by atoms with Crippen LogP contribution in [-0.4, -0.2) is 58.2 Å². The molecule has 0 saturated carbocycles. The Balaban J connectivity index is 2.05.